The molecule has 3 nitrogen and oxygen atoms in total. The van der Waals surface area contributed by atoms with E-state index in [9.17, 15) is 0 Å². The summed E-state index contributed by atoms with van der Waals surface area (Å²) in [5.74, 6) is 0. The molecule has 1 saturated heterocycles. The Morgan fingerprint density at radius 3 is 3.00 bits per heavy atom. The van der Waals surface area contributed by atoms with Crippen molar-refractivity contribution in [3.8, 4) is 0 Å². The Labute approximate surface area is 61.6 Å². The number of nitrogens with zero attached hydrogens (tertiary/aromatic N) is 1. The molecular formula is C7H15NO2. The first kappa shape index (κ1) is 7.98. The van der Waals surface area contributed by atoms with Crippen LogP contribution in [-0.4, -0.2) is 49.5 Å². The Morgan fingerprint density at radius 1 is 1.70 bits per heavy atom. The summed E-state index contributed by atoms with van der Waals surface area (Å²) in [7, 11) is 2.09. The number of hydrogen-bond donors (Lipinski definition) is 1. The van der Waals surface area contributed by atoms with Crippen LogP contribution in [-0.2, 0) is 4.74 Å². The molecule has 0 spiro atoms. The molecule has 0 aromatic carbocycles. The Kier molecular flexibility index (Phi) is 3.12. The summed E-state index contributed by atoms with van der Waals surface area (Å²) in [5.41, 5.74) is 0. The summed E-state index contributed by atoms with van der Waals surface area (Å²) in [6.45, 7) is 2.76. The minimum absolute atomic E-state index is 0.139. The van der Waals surface area contributed by atoms with Gasteiger partial charge in [-0.05, 0) is 13.5 Å². The first-order valence-electron chi connectivity index (χ1n) is 3.74. The van der Waals surface area contributed by atoms with Gasteiger partial charge in [0.15, 0.2) is 0 Å². The monoisotopic (exact) mass is 145 g/mol. The van der Waals surface area contributed by atoms with Gasteiger partial charge in [-0.15, -0.1) is 0 Å². The molecule has 1 fully saturated rings. The van der Waals surface area contributed by atoms with E-state index in [1.807, 2.05) is 0 Å². The SMILES string of the molecule is CN1CCC(OCCO)C1. The molecule has 0 saturated carbocycles. The van der Waals surface area contributed by atoms with Crippen LogP contribution in [0.3, 0.4) is 0 Å². The normalized spacial score (nSPS) is 27.6. The third-order valence-electron chi connectivity index (χ3n) is 1.79. The van der Waals surface area contributed by atoms with Gasteiger partial charge in [-0.2, -0.15) is 0 Å². The molecule has 0 radical (unpaired) electrons. The van der Waals surface area contributed by atoms with Crippen LogP contribution in [0.25, 0.3) is 0 Å². The van der Waals surface area contributed by atoms with E-state index in [-0.39, 0.29) is 6.61 Å². The van der Waals surface area contributed by atoms with Crippen molar-refractivity contribution in [2.75, 3.05) is 33.4 Å². The van der Waals surface area contributed by atoms with Gasteiger partial charge in [-0.3, -0.25) is 0 Å². The second-order valence-corrected chi connectivity index (χ2v) is 2.77. The fourth-order valence-electron chi connectivity index (χ4n) is 1.25. The summed E-state index contributed by atoms with van der Waals surface area (Å²) < 4.78 is 5.33. The maximum Gasteiger partial charge on any atom is 0.0715 e. The number of rotatable bonds is 3. The lowest BCUT2D eigenvalue weighted by Crippen LogP contribution is -2.20. The quantitative estimate of drug-likeness (QED) is 0.592. The largest absolute Gasteiger partial charge is 0.394 e. The highest BCUT2D eigenvalue weighted by Crippen LogP contribution is 2.09. The van der Waals surface area contributed by atoms with Crippen LogP contribution in [0.2, 0.25) is 0 Å². The minimum atomic E-state index is 0.139. The number of aliphatic hydroxyl groups excluding tert-OH is 1. The van der Waals surface area contributed by atoms with Crippen molar-refractivity contribution in [2.45, 2.75) is 12.5 Å². The fourth-order valence-corrected chi connectivity index (χ4v) is 1.25. The molecule has 1 N–H and O–H groups in total. The zero-order chi connectivity index (χ0) is 7.40. The molecule has 0 bridgehead atoms. The summed E-state index contributed by atoms with van der Waals surface area (Å²) in [5, 5.41) is 8.45. The standard InChI is InChI=1S/C7H15NO2/c1-8-3-2-7(6-8)10-5-4-9/h7,9H,2-6H2,1H3. The van der Waals surface area contributed by atoms with Gasteiger partial charge in [0.1, 0.15) is 0 Å². The zero-order valence-corrected chi connectivity index (χ0v) is 6.42. The topological polar surface area (TPSA) is 32.7 Å². The van der Waals surface area contributed by atoms with E-state index in [1.54, 1.807) is 0 Å². The van der Waals surface area contributed by atoms with Crippen LogP contribution < -0.4 is 0 Å². The van der Waals surface area contributed by atoms with Gasteiger partial charge in [0.2, 0.25) is 0 Å². The third kappa shape index (κ3) is 2.25. The molecule has 3 heteroatoms. The van der Waals surface area contributed by atoms with Crippen molar-refractivity contribution >= 4 is 0 Å². The Hall–Kier alpha value is -0.120. The van der Waals surface area contributed by atoms with Crippen molar-refractivity contribution in [1.29, 1.82) is 0 Å². The van der Waals surface area contributed by atoms with Gasteiger partial charge in [-0.1, -0.05) is 0 Å². The van der Waals surface area contributed by atoms with Gasteiger partial charge in [0.05, 0.1) is 19.3 Å². The molecule has 10 heavy (non-hydrogen) atoms. The molecule has 1 rings (SSSR count). The van der Waals surface area contributed by atoms with E-state index in [2.05, 4.69) is 11.9 Å². The molecule has 1 atom stereocenters. The van der Waals surface area contributed by atoms with Gasteiger partial charge in [0.25, 0.3) is 0 Å². The number of aliphatic hydroxyl groups is 1. The van der Waals surface area contributed by atoms with E-state index in [1.165, 1.54) is 0 Å². The Balaban J connectivity index is 2.06. The molecule has 0 aromatic rings. The van der Waals surface area contributed by atoms with E-state index >= 15 is 0 Å². The van der Waals surface area contributed by atoms with E-state index in [4.69, 9.17) is 9.84 Å². The average molecular weight is 145 g/mol. The predicted octanol–water partition coefficient (Wildman–Crippen LogP) is -0.301. The summed E-state index contributed by atoms with van der Waals surface area (Å²) in [6.07, 6.45) is 1.47. The lowest BCUT2D eigenvalue weighted by atomic mass is 10.3. The maximum atomic E-state index is 8.45. The van der Waals surface area contributed by atoms with Crippen molar-refractivity contribution in [2.24, 2.45) is 0 Å². The highest BCUT2D eigenvalue weighted by atomic mass is 16.5. The highest BCUT2D eigenvalue weighted by molar-refractivity contribution is 4.72. The summed E-state index contributed by atoms with van der Waals surface area (Å²) in [4.78, 5) is 2.24. The van der Waals surface area contributed by atoms with Crippen LogP contribution >= 0.6 is 0 Å². The molecule has 0 amide bonds. The molecule has 1 aliphatic rings. The van der Waals surface area contributed by atoms with Crippen LogP contribution in [0.15, 0.2) is 0 Å². The molecule has 0 aliphatic carbocycles. The third-order valence-corrected chi connectivity index (χ3v) is 1.79. The van der Waals surface area contributed by atoms with E-state index in [0.29, 0.717) is 12.7 Å². The molecule has 1 unspecified atom stereocenters. The number of likely N-dealkylation sites (N-methyl/N-ethyl adjacent to an activating group) is 1. The van der Waals surface area contributed by atoms with Crippen molar-refractivity contribution in [3.05, 3.63) is 0 Å². The molecule has 1 heterocycles. The predicted molar refractivity (Wildman–Crippen MR) is 38.9 cm³/mol. The molecule has 1 aliphatic heterocycles. The smallest absolute Gasteiger partial charge is 0.0715 e. The van der Waals surface area contributed by atoms with Crippen molar-refractivity contribution < 1.29 is 9.84 Å². The number of likely N-dealkylation sites (tertiary alicyclic amines) is 1. The second kappa shape index (κ2) is 3.91. The van der Waals surface area contributed by atoms with E-state index < -0.39 is 0 Å². The molecular weight excluding hydrogens is 130 g/mol. The lowest BCUT2D eigenvalue weighted by Gasteiger charge is -2.09. The summed E-state index contributed by atoms with van der Waals surface area (Å²) in [6, 6.07) is 0. The van der Waals surface area contributed by atoms with Gasteiger partial charge >= 0.3 is 0 Å². The second-order valence-electron chi connectivity index (χ2n) is 2.77. The van der Waals surface area contributed by atoms with Crippen LogP contribution in [0.1, 0.15) is 6.42 Å². The number of ether oxygens (including phenoxy) is 1. The average Bonchev–Trinajstić information content (AvgIpc) is 2.31. The van der Waals surface area contributed by atoms with Crippen molar-refractivity contribution in [3.63, 3.8) is 0 Å². The van der Waals surface area contributed by atoms with E-state index in [0.717, 1.165) is 19.5 Å². The van der Waals surface area contributed by atoms with Gasteiger partial charge < -0.3 is 14.7 Å². The zero-order valence-electron chi connectivity index (χ0n) is 6.42. The minimum Gasteiger partial charge on any atom is -0.394 e. The van der Waals surface area contributed by atoms with Crippen molar-refractivity contribution in [1.82, 2.24) is 4.90 Å². The Morgan fingerprint density at radius 2 is 2.50 bits per heavy atom. The fraction of sp³-hybridized carbons (Fsp3) is 1.00. The van der Waals surface area contributed by atoms with Crippen LogP contribution in [0, 0.1) is 0 Å². The molecule has 60 valence electrons. The summed E-state index contributed by atoms with van der Waals surface area (Å²) >= 11 is 0. The Bertz CT molecular complexity index is 97.6. The maximum absolute atomic E-state index is 8.45. The molecule has 0 aromatic heterocycles. The van der Waals surface area contributed by atoms with Crippen LogP contribution in [0.5, 0.6) is 0 Å². The van der Waals surface area contributed by atoms with Gasteiger partial charge in [-0.25, -0.2) is 0 Å². The lowest BCUT2D eigenvalue weighted by molar-refractivity contribution is 0.0354. The van der Waals surface area contributed by atoms with Crippen LogP contribution in [0.4, 0.5) is 0 Å². The van der Waals surface area contributed by atoms with Gasteiger partial charge in [0, 0.05) is 13.1 Å². The first-order chi connectivity index (χ1) is 4.83. The highest BCUT2D eigenvalue weighted by Gasteiger charge is 2.18. The number of hydrogen-bond acceptors (Lipinski definition) is 3. The first-order valence-corrected chi connectivity index (χ1v) is 3.74.